The zero-order valence-electron chi connectivity index (χ0n) is 17.2. The Bertz CT molecular complexity index is 869. The van der Waals surface area contributed by atoms with Crippen LogP contribution in [0.4, 0.5) is 0 Å². The quantitative estimate of drug-likeness (QED) is 0.577. The number of allylic oxidation sites excluding steroid dienone is 4. The number of esters is 1. The Hall–Kier alpha value is -2.08. The molecule has 0 spiro atoms. The van der Waals surface area contributed by atoms with E-state index in [1.165, 1.54) is 7.11 Å². The van der Waals surface area contributed by atoms with Gasteiger partial charge in [0, 0.05) is 23.2 Å². The fourth-order valence-corrected chi connectivity index (χ4v) is 6.84. The summed E-state index contributed by atoms with van der Waals surface area (Å²) in [7, 11) is 1.21. The Morgan fingerprint density at radius 3 is 2.66 bits per heavy atom. The Morgan fingerprint density at radius 1 is 1.24 bits per heavy atom. The van der Waals surface area contributed by atoms with Crippen LogP contribution >= 0.6 is 0 Å². The molecule has 0 radical (unpaired) electrons. The van der Waals surface area contributed by atoms with Gasteiger partial charge in [-0.2, -0.15) is 0 Å². The molecule has 4 aliphatic carbocycles. The first-order valence-corrected chi connectivity index (χ1v) is 10.4. The molecule has 156 valence electrons. The first-order valence-electron chi connectivity index (χ1n) is 10.4. The predicted octanol–water partition coefficient (Wildman–Crippen LogP) is 2.34. The van der Waals surface area contributed by atoms with Gasteiger partial charge in [-0.25, -0.2) is 0 Å². The maximum Gasteiger partial charge on any atom is 0.313 e. The van der Waals surface area contributed by atoms with Crippen molar-refractivity contribution >= 4 is 23.3 Å². The molecule has 29 heavy (non-hydrogen) atoms. The molecular weight excluding hydrogens is 372 g/mol. The first kappa shape index (κ1) is 20.2. The average molecular weight is 400 g/mol. The minimum atomic E-state index is -1.69. The lowest BCUT2D eigenvalue weighted by molar-refractivity contribution is -0.169. The van der Waals surface area contributed by atoms with E-state index in [1.807, 2.05) is 19.9 Å². The van der Waals surface area contributed by atoms with Gasteiger partial charge in [-0.05, 0) is 49.7 Å². The third kappa shape index (κ3) is 2.64. The van der Waals surface area contributed by atoms with Crippen LogP contribution in [-0.4, -0.2) is 41.1 Å². The number of carbonyl (C=O) groups is 4. The van der Waals surface area contributed by atoms with E-state index in [2.05, 4.69) is 4.74 Å². The maximum atomic E-state index is 13.4. The van der Waals surface area contributed by atoms with Gasteiger partial charge in [-0.3, -0.25) is 19.2 Å². The minimum absolute atomic E-state index is 0.0150. The molecule has 6 atom stereocenters. The number of rotatable bonds is 3. The van der Waals surface area contributed by atoms with Gasteiger partial charge in [0.2, 0.25) is 0 Å². The van der Waals surface area contributed by atoms with Gasteiger partial charge < -0.3 is 9.84 Å². The zero-order valence-corrected chi connectivity index (χ0v) is 17.2. The summed E-state index contributed by atoms with van der Waals surface area (Å²) in [5, 5.41) is 11.4. The smallest absolute Gasteiger partial charge is 0.313 e. The van der Waals surface area contributed by atoms with Crippen molar-refractivity contribution in [2.75, 3.05) is 7.11 Å². The molecule has 1 N–H and O–H groups in total. The fraction of sp³-hybridized carbons (Fsp3) is 0.652. The molecule has 0 aromatic heterocycles. The second kappa shape index (κ2) is 6.46. The summed E-state index contributed by atoms with van der Waals surface area (Å²) < 4.78 is 4.60. The number of Topliss-reactive ketones (excluding diaryl/α,β-unsaturated/α-hetero) is 2. The van der Waals surface area contributed by atoms with E-state index in [1.54, 1.807) is 12.2 Å². The van der Waals surface area contributed by atoms with E-state index in [0.29, 0.717) is 6.42 Å². The minimum Gasteiger partial charge on any atom is -0.469 e. The third-order valence-electron chi connectivity index (χ3n) is 8.40. The molecule has 6 nitrogen and oxygen atoms in total. The lowest BCUT2D eigenvalue weighted by Crippen LogP contribution is -2.60. The lowest BCUT2D eigenvalue weighted by atomic mass is 9.46. The SMILES string of the molecule is COC(=O)CC(=O)[C@]1(O)CC[C@@H]2[C@H]3CCC4=CC(=O)C=C[C@@]4(C)[C@@H]3C(=O)C[C@@]21C. The number of ketones is 3. The maximum absolute atomic E-state index is 13.4. The molecular formula is C23H28O6. The second-order valence-electron chi connectivity index (χ2n) is 9.61. The number of hydrogen-bond donors (Lipinski definition) is 1. The van der Waals surface area contributed by atoms with Crippen molar-refractivity contribution < 1.29 is 29.0 Å². The van der Waals surface area contributed by atoms with Gasteiger partial charge in [0.15, 0.2) is 11.6 Å². The van der Waals surface area contributed by atoms with Crippen LogP contribution in [0.15, 0.2) is 23.8 Å². The van der Waals surface area contributed by atoms with Crippen molar-refractivity contribution in [3.05, 3.63) is 23.8 Å². The van der Waals surface area contributed by atoms with Crippen molar-refractivity contribution in [2.24, 2.45) is 28.6 Å². The van der Waals surface area contributed by atoms with Gasteiger partial charge in [0.1, 0.15) is 17.8 Å². The number of ether oxygens (including phenoxy) is 1. The monoisotopic (exact) mass is 400 g/mol. The van der Waals surface area contributed by atoms with E-state index >= 15 is 0 Å². The van der Waals surface area contributed by atoms with Crippen LogP contribution in [-0.2, 0) is 23.9 Å². The molecule has 0 aliphatic heterocycles. The molecule has 0 heterocycles. The lowest BCUT2D eigenvalue weighted by Gasteiger charge is -2.56. The average Bonchev–Trinajstić information content (AvgIpc) is 2.93. The van der Waals surface area contributed by atoms with Gasteiger partial charge in [-0.1, -0.05) is 25.5 Å². The molecule has 0 saturated heterocycles. The Morgan fingerprint density at radius 2 is 1.97 bits per heavy atom. The zero-order chi connectivity index (χ0) is 21.2. The van der Waals surface area contributed by atoms with Crippen molar-refractivity contribution in [3.8, 4) is 0 Å². The third-order valence-corrected chi connectivity index (χ3v) is 8.40. The number of methoxy groups -OCH3 is 1. The van der Waals surface area contributed by atoms with Crippen molar-refractivity contribution in [1.29, 1.82) is 0 Å². The highest BCUT2D eigenvalue weighted by Gasteiger charge is 2.68. The fourth-order valence-electron chi connectivity index (χ4n) is 6.84. The standard InChI is InChI=1S/C23H28O6/c1-21-8-6-14(24)10-13(21)4-5-15-16-7-9-23(28,18(26)11-19(27)29-3)22(16,2)12-17(25)20(15)21/h6,8,10,15-16,20,28H,4-5,7,9,11-12H2,1-3H3/t15-,16-,20+,21-,22+,23-/m1/s1. The van der Waals surface area contributed by atoms with E-state index in [9.17, 15) is 24.3 Å². The molecule has 0 unspecified atom stereocenters. The van der Waals surface area contributed by atoms with Gasteiger partial charge in [0.25, 0.3) is 0 Å². The summed E-state index contributed by atoms with van der Waals surface area (Å²) >= 11 is 0. The molecule has 0 amide bonds. The summed E-state index contributed by atoms with van der Waals surface area (Å²) in [4.78, 5) is 49.8. The van der Waals surface area contributed by atoms with Crippen LogP contribution in [0.25, 0.3) is 0 Å². The highest BCUT2D eigenvalue weighted by molar-refractivity contribution is 6.03. The topological polar surface area (TPSA) is 97.7 Å². The molecule has 3 fully saturated rings. The van der Waals surface area contributed by atoms with Crippen LogP contribution in [0.2, 0.25) is 0 Å². The largest absolute Gasteiger partial charge is 0.469 e. The summed E-state index contributed by atoms with van der Waals surface area (Å²) in [6.07, 6.45) is 7.13. The van der Waals surface area contributed by atoms with Gasteiger partial charge in [0.05, 0.1) is 7.11 Å². The molecule has 3 saturated carbocycles. The summed E-state index contributed by atoms with van der Waals surface area (Å²) in [5.41, 5.74) is -2.05. The Labute approximate surface area is 170 Å². The van der Waals surface area contributed by atoms with Crippen LogP contribution in [0.1, 0.15) is 52.4 Å². The van der Waals surface area contributed by atoms with E-state index < -0.39 is 34.6 Å². The van der Waals surface area contributed by atoms with E-state index in [4.69, 9.17) is 0 Å². The van der Waals surface area contributed by atoms with Gasteiger partial charge >= 0.3 is 5.97 Å². The van der Waals surface area contributed by atoms with Crippen LogP contribution < -0.4 is 0 Å². The van der Waals surface area contributed by atoms with E-state index in [-0.39, 0.29) is 42.2 Å². The number of fused-ring (bicyclic) bond motifs is 5. The molecule has 0 aromatic carbocycles. The number of aliphatic hydroxyl groups is 1. The summed E-state index contributed by atoms with van der Waals surface area (Å²) in [6, 6.07) is 0. The Balaban J connectivity index is 1.69. The molecule has 0 bridgehead atoms. The highest BCUT2D eigenvalue weighted by Crippen LogP contribution is 2.66. The molecule has 4 aliphatic rings. The first-order chi connectivity index (χ1) is 13.6. The molecule has 4 rings (SSSR count). The Kier molecular flexibility index (Phi) is 4.50. The molecule has 6 heteroatoms. The van der Waals surface area contributed by atoms with Crippen molar-refractivity contribution in [2.45, 2.75) is 58.0 Å². The summed E-state index contributed by atoms with van der Waals surface area (Å²) in [6.45, 7) is 3.87. The molecule has 0 aromatic rings. The van der Waals surface area contributed by atoms with Crippen molar-refractivity contribution in [3.63, 3.8) is 0 Å². The van der Waals surface area contributed by atoms with Crippen LogP contribution in [0.3, 0.4) is 0 Å². The van der Waals surface area contributed by atoms with E-state index in [0.717, 1.165) is 18.4 Å². The predicted molar refractivity (Wildman–Crippen MR) is 104 cm³/mol. The van der Waals surface area contributed by atoms with Crippen molar-refractivity contribution in [1.82, 2.24) is 0 Å². The normalized spacial score (nSPS) is 43.2. The summed E-state index contributed by atoms with van der Waals surface area (Å²) in [5.74, 6) is -1.41. The number of carbonyl (C=O) groups excluding carboxylic acids is 4. The van der Waals surface area contributed by atoms with Gasteiger partial charge in [-0.15, -0.1) is 0 Å². The van der Waals surface area contributed by atoms with Crippen LogP contribution in [0, 0.1) is 28.6 Å². The second-order valence-corrected chi connectivity index (χ2v) is 9.61. The highest BCUT2D eigenvalue weighted by atomic mass is 16.5. The number of hydrogen-bond acceptors (Lipinski definition) is 6. The van der Waals surface area contributed by atoms with Crippen LogP contribution in [0.5, 0.6) is 0 Å².